The van der Waals surface area contributed by atoms with Crippen LogP contribution in [0.15, 0.2) is 6.20 Å². The maximum absolute atomic E-state index is 15.3. The average molecular weight is 659 g/mol. The molecule has 1 aromatic heterocycles. The molecule has 1 N–H and O–H groups in total. The van der Waals surface area contributed by atoms with E-state index < -0.39 is 23.7 Å². The fraction of sp³-hybridized carbons (Fsp3) is 0.794. The van der Waals surface area contributed by atoms with E-state index in [2.05, 4.69) is 36.4 Å². The zero-order valence-corrected chi connectivity index (χ0v) is 28.7. The van der Waals surface area contributed by atoms with Gasteiger partial charge in [0.1, 0.15) is 18.2 Å². The number of amides is 1. The minimum absolute atomic E-state index is 0.0164. The summed E-state index contributed by atoms with van der Waals surface area (Å²) in [7, 11) is 1.38. The molecule has 4 unspecified atom stereocenters. The van der Waals surface area contributed by atoms with E-state index >= 15 is 4.79 Å². The van der Waals surface area contributed by atoms with Crippen LogP contribution in [0.3, 0.4) is 0 Å². The van der Waals surface area contributed by atoms with E-state index in [0.717, 1.165) is 19.3 Å². The Kier molecular flexibility index (Phi) is 10.0. The van der Waals surface area contributed by atoms with Crippen LogP contribution in [0, 0.1) is 46.3 Å². The molecule has 4 saturated carbocycles. The van der Waals surface area contributed by atoms with E-state index in [0.29, 0.717) is 25.7 Å². The van der Waals surface area contributed by atoms with Crippen molar-refractivity contribution >= 4 is 35.6 Å². The predicted octanol–water partition coefficient (Wildman–Crippen LogP) is 4.90. The van der Waals surface area contributed by atoms with Gasteiger partial charge >= 0.3 is 24.0 Å². The number of aromatic nitrogens is 3. The normalized spacial score (nSPS) is 36.6. The highest BCUT2D eigenvalue weighted by molar-refractivity contribution is 5.91. The smallest absolute Gasteiger partial charge is 0.412 e. The highest BCUT2D eigenvalue weighted by atomic mass is 16.6. The molecule has 0 radical (unpaired) electrons. The number of anilines is 1. The number of hydrogen-bond donors (Lipinski definition) is 1. The Morgan fingerprint density at radius 1 is 1.09 bits per heavy atom. The number of fused-ring (bicyclic) bond motifs is 5. The van der Waals surface area contributed by atoms with Gasteiger partial charge in [-0.2, -0.15) is 0 Å². The van der Waals surface area contributed by atoms with Gasteiger partial charge in [-0.15, -0.1) is 5.10 Å². The SMILES string of the molecule is CCOC(=O)Nc1cn([C@@H]2C(=O)[C@@]3(C)C(CCC3[C@H](C)CCC(=O)OC)C3C2[C@@]2(C)CC[C@@H](OC(C)=O)C[C@H]2C[C@H]3OC(C)=O)nn1. The number of hydrogen-bond acceptors (Lipinski definition) is 11. The molecule has 0 aromatic carbocycles. The summed E-state index contributed by atoms with van der Waals surface area (Å²) < 4.78 is 23.4. The number of ether oxygens (including phenoxy) is 4. The molecule has 11 atom stereocenters. The van der Waals surface area contributed by atoms with E-state index in [9.17, 15) is 19.2 Å². The highest BCUT2D eigenvalue weighted by Crippen LogP contribution is 2.70. The van der Waals surface area contributed by atoms with Gasteiger partial charge in [-0.3, -0.25) is 24.5 Å². The van der Waals surface area contributed by atoms with Crippen molar-refractivity contribution in [3.63, 3.8) is 0 Å². The van der Waals surface area contributed by atoms with Crippen LogP contribution in [0.4, 0.5) is 10.6 Å². The molecule has 0 bridgehead atoms. The Morgan fingerprint density at radius 3 is 2.47 bits per heavy atom. The number of ketones is 1. The van der Waals surface area contributed by atoms with E-state index in [4.69, 9.17) is 18.9 Å². The summed E-state index contributed by atoms with van der Waals surface area (Å²) >= 11 is 0. The van der Waals surface area contributed by atoms with Crippen LogP contribution in [-0.2, 0) is 38.1 Å². The number of methoxy groups -OCH3 is 1. The first-order chi connectivity index (χ1) is 22.2. The number of esters is 3. The molecule has 4 fully saturated rings. The molecule has 13 heteroatoms. The predicted molar refractivity (Wildman–Crippen MR) is 168 cm³/mol. The summed E-state index contributed by atoms with van der Waals surface area (Å²) in [6.45, 7) is 11.1. The van der Waals surface area contributed by atoms with Gasteiger partial charge in [0.05, 0.1) is 19.9 Å². The molecule has 47 heavy (non-hydrogen) atoms. The zero-order valence-electron chi connectivity index (χ0n) is 28.7. The highest BCUT2D eigenvalue weighted by Gasteiger charge is 2.70. The summed E-state index contributed by atoms with van der Waals surface area (Å²) in [4.78, 5) is 64.2. The molecular formula is C34H50N4O9. The Morgan fingerprint density at radius 2 is 1.81 bits per heavy atom. The van der Waals surface area contributed by atoms with Crippen molar-refractivity contribution in [2.45, 2.75) is 111 Å². The Hall–Kier alpha value is -3.51. The topological polar surface area (TPSA) is 165 Å². The summed E-state index contributed by atoms with van der Waals surface area (Å²) in [6, 6.07) is -0.754. The van der Waals surface area contributed by atoms with Crippen LogP contribution in [0.1, 0.15) is 99.0 Å². The number of Topliss-reactive ketones (excluding diaryl/α,β-unsaturated/α-hetero) is 1. The number of rotatable bonds is 9. The van der Waals surface area contributed by atoms with Gasteiger partial charge in [0.25, 0.3) is 0 Å². The number of carbonyl (C=O) groups excluding carboxylic acids is 5. The van der Waals surface area contributed by atoms with E-state index in [-0.39, 0.29) is 89.6 Å². The largest absolute Gasteiger partial charge is 0.469 e. The summed E-state index contributed by atoms with van der Waals surface area (Å²) in [5.74, 6) is -1.18. The van der Waals surface area contributed by atoms with Crippen molar-refractivity contribution in [3.05, 3.63) is 6.20 Å². The van der Waals surface area contributed by atoms with Crippen molar-refractivity contribution in [1.82, 2.24) is 15.0 Å². The molecule has 4 aliphatic carbocycles. The molecule has 0 aliphatic heterocycles. The van der Waals surface area contributed by atoms with Crippen LogP contribution in [-0.4, -0.2) is 70.7 Å². The van der Waals surface area contributed by atoms with Crippen LogP contribution < -0.4 is 5.32 Å². The average Bonchev–Trinajstić information content (AvgIpc) is 3.61. The number of carbonyl (C=O) groups is 5. The minimum Gasteiger partial charge on any atom is -0.469 e. The number of nitrogens with zero attached hydrogens (tertiary/aromatic N) is 3. The molecule has 4 aliphatic rings. The van der Waals surface area contributed by atoms with Gasteiger partial charge in [-0.05, 0) is 81.0 Å². The fourth-order valence-electron chi connectivity index (χ4n) is 10.3. The Balaban J connectivity index is 1.61. The van der Waals surface area contributed by atoms with E-state index in [1.54, 1.807) is 17.8 Å². The van der Waals surface area contributed by atoms with Crippen molar-refractivity contribution in [1.29, 1.82) is 0 Å². The first-order valence-electron chi connectivity index (χ1n) is 17.1. The molecule has 13 nitrogen and oxygen atoms in total. The third-order valence-electron chi connectivity index (χ3n) is 12.2. The lowest BCUT2D eigenvalue weighted by Crippen LogP contribution is -2.65. The standard InChI is InChI=1S/C34H50N4O9/c1-8-45-32(43)35-26-17-38(37-36-26)30-29-28(24-11-10-23(34(24,6)31(30)42)18(2)9-12-27(41)44-7)25(47-20(4)40)16-21-15-22(46-19(3)39)13-14-33(21,29)5/h17-18,21-25,28-30H,8-16H2,1-7H3,(H,35,43)/t18-,21+,22-,23?,24?,25-,28?,29?,30+,33+,34-/m1/s1. The first-order valence-corrected chi connectivity index (χ1v) is 17.1. The van der Waals surface area contributed by atoms with Gasteiger partial charge in [-0.1, -0.05) is 26.0 Å². The maximum atomic E-state index is 15.3. The second-order valence-corrected chi connectivity index (χ2v) is 14.6. The van der Waals surface area contributed by atoms with Gasteiger partial charge in [0, 0.05) is 37.5 Å². The summed E-state index contributed by atoms with van der Waals surface area (Å²) in [5.41, 5.74) is -1.16. The van der Waals surface area contributed by atoms with E-state index in [1.165, 1.54) is 21.0 Å². The molecule has 5 rings (SSSR count). The molecule has 0 saturated heterocycles. The lowest BCUT2D eigenvalue weighted by molar-refractivity contribution is -0.207. The summed E-state index contributed by atoms with van der Waals surface area (Å²) in [5, 5.41) is 11.2. The van der Waals surface area contributed by atoms with E-state index in [1.807, 2.05) is 0 Å². The molecule has 0 spiro atoms. The van der Waals surface area contributed by atoms with Gasteiger partial charge in [-0.25, -0.2) is 9.48 Å². The third-order valence-corrected chi connectivity index (χ3v) is 12.2. The van der Waals surface area contributed by atoms with Crippen molar-refractivity contribution in [3.8, 4) is 0 Å². The molecule has 260 valence electrons. The molecule has 1 heterocycles. The lowest BCUT2D eigenvalue weighted by Gasteiger charge is -2.64. The maximum Gasteiger partial charge on any atom is 0.412 e. The molecule has 1 aromatic rings. The zero-order chi connectivity index (χ0) is 34.3. The van der Waals surface area contributed by atoms with Crippen LogP contribution >= 0.6 is 0 Å². The molecular weight excluding hydrogens is 608 g/mol. The lowest BCUT2D eigenvalue weighted by atomic mass is 9.42. The number of nitrogens with one attached hydrogen (secondary N) is 1. The van der Waals surface area contributed by atoms with Crippen LogP contribution in [0.5, 0.6) is 0 Å². The van der Waals surface area contributed by atoms with Crippen molar-refractivity contribution in [2.24, 2.45) is 46.3 Å². The Bertz CT molecular complexity index is 1380. The van der Waals surface area contributed by atoms with Crippen molar-refractivity contribution < 1.29 is 42.9 Å². The monoisotopic (exact) mass is 658 g/mol. The van der Waals surface area contributed by atoms with Crippen LogP contribution in [0.25, 0.3) is 0 Å². The third kappa shape index (κ3) is 6.38. The van der Waals surface area contributed by atoms with Crippen molar-refractivity contribution in [2.75, 3.05) is 19.0 Å². The van der Waals surface area contributed by atoms with Gasteiger partial charge < -0.3 is 18.9 Å². The Labute approximate surface area is 276 Å². The fourth-order valence-corrected chi connectivity index (χ4v) is 10.3. The second-order valence-electron chi connectivity index (χ2n) is 14.6. The molecule has 1 amide bonds. The summed E-state index contributed by atoms with van der Waals surface area (Å²) in [6.07, 6.45) is 5.29. The quantitative estimate of drug-likeness (QED) is 0.283. The van der Waals surface area contributed by atoms with Gasteiger partial charge in [0.15, 0.2) is 11.6 Å². The minimum atomic E-state index is -0.793. The van der Waals surface area contributed by atoms with Gasteiger partial charge in [0.2, 0.25) is 0 Å². The van der Waals surface area contributed by atoms with Crippen LogP contribution in [0.2, 0.25) is 0 Å². The second kappa shape index (κ2) is 13.5. The first kappa shape index (κ1) is 34.8.